The molecule has 0 saturated heterocycles. The molecule has 0 bridgehead atoms. The molecule has 11 aromatic carbocycles. The van der Waals surface area contributed by atoms with Crippen LogP contribution in [0.5, 0.6) is 0 Å². The van der Waals surface area contributed by atoms with E-state index in [-0.39, 0.29) is 6.71 Å². The van der Waals surface area contributed by atoms with Gasteiger partial charge in [0.05, 0.1) is 11.4 Å². The fraction of sp³-hybridized carbons (Fsp3) is 0.241. The van der Waals surface area contributed by atoms with Crippen LogP contribution in [-0.4, -0.2) is 6.71 Å². The highest BCUT2D eigenvalue weighted by atomic mass is 15.2. The SMILES string of the molecule is CCCCCCCc1ccc2c(c1)B1c3cc(CCCCCCC)ccc3N(c3c(-c4ccccc4)cc(-c4ccccc4)cc3-c3ccccc3)c3cc(CCCCCCC)cc(c31)N2c1c(-c2ccccc2)cc(-c2ccccc2)cc1-c1ccccc1. The average Bonchev–Trinajstić information content (AvgIpc) is 0.699. The van der Waals surface area contributed by atoms with Gasteiger partial charge in [-0.1, -0.05) is 304 Å². The molecule has 0 aliphatic carbocycles. The van der Waals surface area contributed by atoms with Crippen LogP contribution < -0.4 is 26.2 Å². The normalized spacial score (nSPS) is 12.2. The molecule has 0 spiro atoms. The van der Waals surface area contributed by atoms with Crippen molar-refractivity contribution in [3.8, 4) is 66.8 Å². The number of hydrogen-bond acceptors (Lipinski definition) is 2. The van der Waals surface area contributed by atoms with Gasteiger partial charge < -0.3 is 9.80 Å². The van der Waals surface area contributed by atoms with Gasteiger partial charge in [-0.3, -0.25) is 0 Å². The molecule has 13 rings (SSSR count). The highest BCUT2D eigenvalue weighted by Gasteiger charge is 2.45. The summed E-state index contributed by atoms with van der Waals surface area (Å²) in [5.41, 5.74) is 30.3. The Bertz CT molecular complexity index is 3780. The predicted molar refractivity (Wildman–Crippen MR) is 390 cm³/mol. The van der Waals surface area contributed by atoms with Crippen molar-refractivity contribution in [1.29, 1.82) is 0 Å². The molecule has 0 N–H and O–H groups in total. The zero-order chi connectivity index (χ0) is 61.0. The van der Waals surface area contributed by atoms with Crippen LogP contribution in [-0.2, 0) is 19.3 Å². The Labute approximate surface area is 538 Å². The van der Waals surface area contributed by atoms with Crippen LogP contribution in [0.15, 0.2) is 255 Å². The second-order valence-electron chi connectivity index (χ2n) is 25.5. The van der Waals surface area contributed by atoms with Gasteiger partial charge in [0.25, 0.3) is 6.71 Å². The molecule has 0 amide bonds. The van der Waals surface area contributed by atoms with E-state index in [9.17, 15) is 0 Å². The zero-order valence-electron chi connectivity index (χ0n) is 53.4. The Morgan fingerprint density at radius 1 is 0.244 bits per heavy atom. The summed E-state index contributed by atoms with van der Waals surface area (Å²) in [5.74, 6) is 0. The Morgan fingerprint density at radius 2 is 0.533 bits per heavy atom. The number of fused-ring (bicyclic) bond motifs is 4. The molecule has 2 aliphatic heterocycles. The molecule has 0 atom stereocenters. The largest absolute Gasteiger partial charge is 0.310 e. The third-order valence-corrected chi connectivity index (χ3v) is 19.2. The number of unbranched alkanes of at least 4 members (excludes halogenated alkanes) is 12. The highest BCUT2D eigenvalue weighted by Crippen LogP contribution is 2.54. The highest BCUT2D eigenvalue weighted by molar-refractivity contribution is 7.00. The fourth-order valence-electron chi connectivity index (χ4n) is 14.6. The maximum atomic E-state index is 2.77. The van der Waals surface area contributed by atoms with Crippen LogP contribution in [0.4, 0.5) is 34.1 Å². The van der Waals surface area contributed by atoms with Crippen LogP contribution in [0.3, 0.4) is 0 Å². The molecular formula is C87H87BN2. The summed E-state index contributed by atoms with van der Waals surface area (Å²) in [7, 11) is 0. The summed E-state index contributed by atoms with van der Waals surface area (Å²) in [5, 5.41) is 0. The summed E-state index contributed by atoms with van der Waals surface area (Å²) < 4.78 is 0. The summed E-state index contributed by atoms with van der Waals surface area (Å²) >= 11 is 0. The van der Waals surface area contributed by atoms with Crippen LogP contribution in [0.25, 0.3) is 66.8 Å². The van der Waals surface area contributed by atoms with Gasteiger partial charge in [-0.2, -0.15) is 0 Å². The van der Waals surface area contributed by atoms with Crippen molar-refractivity contribution >= 4 is 57.2 Å². The summed E-state index contributed by atoms with van der Waals surface area (Å²) in [4.78, 5) is 5.54. The topological polar surface area (TPSA) is 6.48 Å². The standard InChI is InChI=1S/C87H87BN2/c1-4-7-10-13-22-37-64-52-54-81-79(56-64)88-80-57-65(38-23-14-11-8-5-2)53-55-82(80)90(87-77(71-48-33-20-34-49-71)62-74(68-42-27-17-28-43-68)63-78(87)72-50-35-21-36-51-72)84-59-66(39-24-15-12-9-6-3)58-83(85(84)88)89(81)86-75(69-44-29-18-30-45-69)60-73(67-40-25-16-26-41-67)61-76(86)70-46-31-19-32-47-70/h16-21,25-36,40-63H,4-15,22-24,37-39H2,1-3H3. The minimum Gasteiger partial charge on any atom is -0.310 e. The van der Waals surface area contributed by atoms with Crippen molar-refractivity contribution in [1.82, 2.24) is 0 Å². The minimum atomic E-state index is -0.0425. The van der Waals surface area contributed by atoms with E-state index in [1.165, 1.54) is 224 Å². The van der Waals surface area contributed by atoms with Crippen LogP contribution in [0.1, 0.15) is 134 Å². The minimum absolute atomic E-state index is 0.0425. The van der Waals surface area contributed by atoms with Gasteiger partial charge in [0.15, 0.2) is 0 Å². The lowest BCUT2D eigenvalue weighted by Crippen LogP contribution is -2.61. The number of nitrogens with zero attached hydrogens (tertiary/aromatic N) is 2. The molecule has 2 aliphatic rings. The number of rotatable bonds is 26. The van der Waals surface area contributed by atoms with Gasteiger partial charge in [0.2, 0.25) is 0 Å². The van der Waals surface area contributed by atoms with E-state index in [0.717, 1.165) is 25.7 Å². The first kappa shape index (κ1) is 60.0. The van der Waals surface area contributed by atoms with E-state index in [1.54, 1.807) is 0 Å². The number of hydrogen-bond donors (Lipinski definition) is 0. The molecule has 0 fully saturated rings. The molecule has 90 heavy (non-hydrogen) atoms. The van der Waals surface area contributed by atoms with E-state index < -0.39 is 0 Å². The van der Waals surface area contributed by atoms with Gasteiger partial charge in [0.1, 0.15) is 0 Å². The lowest BCUT2D eigenvalue weighted by atomic mass is 9.33. The lowest BCUT2D eigenvalue weighted by molar-refractivity contribution is 0.632. The van der Waals surface area contributed by atoms with Crippen molar-refractivity contribution in [3.63, 3.8) is 0 Å². The summed E-state index contributed by atoms with van der Waals surface area (Å²) in [6.45, 7) is 6.94. The van der Waals surface area contributed by atoms with Gasteiger partial charge in [-0.05, 0) is 165 Å². The second kappa shape index (κ2) is 28.7. The third-order valence-electron chi connectivity index (χ3n) is 19.2. The van der Waals surface area contributed by atoms with Crippen LogP contribution >= 0.6 is 0 Å². The number of anilines is 6. The first-order chi connectivity index (χ1) is 44.6. The van der Waals surface area contributed by atoms with E-state index in [4.69, 9.17) is 0 Å². The van der Waals surface area contributed by atoms with Crippen molar-refractivity contribution in [2.45, 2.75) is 136 Å². The Morgan fingerprint density at radius 3 is 0.844 bits per heavy atom. The maximum Gasteiger partial charge on any atom is 0.252 e. The van der Waals surface area contributed by atoms with Gasteiger partial charge >= 0.3 is 0 Å². The molecule has 2 heterocycles. The van der Waals surface area contributed by atoms with E-state index in [1.807, 2.05) is 0 Å². The van der Waals surface area contributed by atoms with E-state index in [0.29, 0.717) is 0 Å². The quantitative estimate of drug-likeness (QED) is 0.0394. The zero-order valence-corrected chi connectivity index (χ0v) is 53.4. The molecule has 2 nitrogen and oxygen atoms in total. The Balaban J connectivity index is 1.16. The summed E-state index contributed by atoms with van der Waals surface area (Å²) in [6, 6.07) is 97.8. The Kier molecular flexibility index (Phi) is 19.1. The molecule has 0 aromatic heterocycles. The monoisotopic (exact) mass is 1170 g/mol. The van der Waals surface area contributed by atoms with Crippen molar-refractivity contribution in [3.05, 3.63) is 271 Å². The molecule has 3 heteroatoms. The van der Waals surface area contributed by atoms with Crippen molar-refractivity contribution in [2.75, 3.05) is 9.80 Å². The predicted octanol–water partition coefficient (Wildman–Crippen LogP) is 23.3. The smallest absolute Gasteiger partial charge is 0.252 e. The molecule has 0 saturated carbocycles. The first-order valence-corrected chi connectivity index (χ1v) is 34.3. The first-order valence-electron chi connectivity index (χ1n) is 34.3. The van der Waals surface area contributed by atoms with E-state index >= 15 is 0 Å². The molecular weight excluding hydrogens is 1080 g/mol. The van der Waals surface area contributed by atoms with E-state index in [2.05, 4.69) is 285 Å². The molecule has 0 radical (unpaired) electrons. The number of aryl methyl sites for hydroxylation is 3. The van der Waals surface area contributed by atoms with Gasteiger partial charge in [-0.25, -0.2) is 0 Å². The van der Waals surface area contributed by atoms with Gasteiger partial charge in [-0.15, -0.1) is 0 Å². The fourth-order valence-corrected chi connectivity index (χ4v) is 14.6. The van der Waals surface area contributed by atoms with Crippen molar-refractivity contribution in [2.24, 2.45) is 0 Å². The number of benzene rings is 11. The summed E-state index contributed by atoms with van der Waals surface area (Å²) in [6.07, 6.45) is 21.7. The second-order valence-corrected chi connectivity index (χ2v) is 25.5. The maximum absolute atomic E-state index is 2.77. The average molecular weight is 1170 g/mol. The van der Waals surface area contributed by atoms with Crippen molar-refractivity contribution < 1.29 is 0 Å². The van der Waals surface area contributed by atoms with Crippen LogP contribution in [0.2, 0.25) is 0 Å². The van der Waals surface area contributed by atoms with Gasteiger partial charge in [0, 0.05) is 45.0 Å². The lowest BCUT2D eigenvalue weighted by Gasteiger charge is -2.46. The van der Waals surface area contributed by atoms with Crippen LogP contribution in [0, 0.1) is 0 Å². The molecule has 448 valence electrons. The molecule has 11 aromatic rings. The third kappa shape index (κ3) is 12.8. The molecule has 0 unspecified atom stereocenters. The Hall–Kier alpha value is -8.92.